The second-order valence-corrected chi connectivity index (χ2v) is 3.79. The number of allylic oxidation sites excluding steroid dienone is 6. The van der Waals surface area contributed by atoms with Crippen LogP contribution < -0.4 is 0 Å². The summed E-state index contributed by atoms with van der Waals surface area (Å²) in [6, 6.07) is 0. The molecule has 0 N–H and O–H groups in total. The lowest BCUT2D eigenvalue weighted by Gasteiger charge is -1.98. The van der Waals surface area contributed by atoms with Crippen molar-refractivity contribution in [2.75, 3.05) is 0 Å². The van der Waals surface area contributed by atoms with Gasteiger partial charge in [0.1, 0.15) is 0 Å². The van der Waals surface area contributed by atoms with Crippen molar-refractivity contribution >= 4 is 0 Å². The van der Waals surface area contributed by atoms with Crippen molar-refractivity contribution in [1.82, 2.24) is 0 Å². The summed E-state index contributed by atoms with van der Waals surface area (Å²) in [6.07, 6.45) is 4.43. The van der Waals surface area contributed by atoms with E-state index in [-0.39, 0.29) is 0 Å². The van der Waals surface area contributed by atoms with Gasteiger partial charge in [-0.2, -0.15) is 0 Å². The Morgan fingerprint density at radius 2 is 1.25 bits per heavy atom. The molecule has 0 amide bonds. The van der Waals surface area contributed by atoms with Crippen LogP contribution in [0.1, 0.15) is 41.5 Å². The van der Waals surface area contributed by atoms with Gasteiger partial charge >= 0.3 is 0 Å². The largest absolute Gasteiger partial charge is 0.0762 e. The maximum Gasteiger partial charge on any atom is -0.0398 e. The van der Waals surface area contributed by atoms with Crippen molar-refractivity contribution in [1.29, 1.82) is 0 Å². The molecule has 0 fully saturated rings. The predicted octanol–water partition coefficient (Wildman–Crippen LogP) is 4.26. The van der Waals surface area contributed by atoms with Crippen LogP contribution in [0.5, 0.6) is 0 Å². The first-order valence-corrected chi connectivity index (χ1v) is 4.40. The minimum Gasteiger partial charge on any atom is -0.0762 e. The van der Waals surface area contributed by atoms with Crippen molar-refractivity contribution in [2.24, 2.45) is 0 Å². The summed E-state index contributed by atoms with van der Waals surface area (Å²) in [5.41, 5.74) is 5.43. The van der Waals surface area contributed by atoms with E-state index in [1.54, 1.807) is 0 Å². The molecule has 0 atom stereocenters. The highest BCUT2D eigenvalue weighted by atomic mass is 13.9. The SMILES string of the molecule is CC(C)=C/C(C)=C\C(C)=C(C)C. The van der Waals surface area contributed by atoms with Gasteiger partial charge in [0.2, 0.25) is 0 Å². The maximum absolute atomic E-state index is 2.22. The Balaban J connectivity index is 4.59. The molecular formula is C12H20. The molecule has 0 aromatic carbocycles. The molecule has 0 heterocycles. The zero-order valence-electron chi connectivity index (χ0n) is 9.15. The summed E-state index contributed by atoms with van der Waals surface area (Å²) >= 11 is 0. The molecule has 0 bridgehead atoms. The van der Waals surface area contributed by atoms with Gasteiger partial charge in [-0.15, -0.1) is 0 Å². The monoisotopic (exact) mass is 164 g/mol. The Bertz CT molecular complexity index is 229. The average molecular weight is 164 g/mol. The zero-order chi connectivity index (χ0) is 9.72. The highest BCUT2D eigenvalue weighted by Gasteiger charge is 1.88. The number of hydrogen-bond donors (Lipinski definition) is 0. The quantitative estimate of drug-likeness (QED) is 0.535. The average Bonchev–Trinajstić information content (AvgIpc) is 1.84. The van der Waals surface area contributed by atoms with E-state index in [0.717, 1.165) is 0 Å². The standard InChI is InChI=1S/C12H20/c1-9(2)7-11(5)8-12(6)10(3)4/h7-8H,1-6H3/b11-8-. The maximum atomic E-state index is 2.22. The first-order chi connectivity index (χ1) is 5.43. The van der Waals surface area contributed by atoms with Gasteiger partial charge in [0.15, 0.2) is 0 Å². The topological polar surface area (TPSA) is 0 Å². The first-order valence-electron chi connectivity index (χ1n) is 4.40. The van der Waals surface area contributed by atoms with Crippen LogP contribution in [-0.2, 0) is 0 Å². The summed E-state index contributed by atoms with van der Waals surface area (Å²) in [5, 5.41) is 0. The van der Waals surface area contributed by atoms with E-state index in [1.807, 2.05) is 0 Å². The van der Waals surface area contributed by atoms with Gasteiger partial charge in [-0.05, 0) is 41.5 Å². The molecule has 12 heavy (non-hydrogen) atoms. The summed E-state index contributed by atoms with van der Waals surface area (Å²) in [5.74, 6) is 0. The fourth-order valence-corrected chi connectivity index (χ4v) is 0.983. The molecular weight excluding hydrogens is 144 g/mol. The molecule has 0 aromatic heterocycles. The van der Waals surface area contributed by atoms with Crippen molar-refractivity contribution < 1.29 is 0 Å². The summed E-state index contributed by atoms with van der Waals surface area (Å²) in [7, 11) is 0. The highest BCUT2D eigenvalue weighted by Crippen LogP contribution is 2.09. The molecule has 0 rings (SSSR count). The van der Waals surface area contributed by atoms with E-state index < -0.39 is 0 Å². The smallest absolute Gasteiger partial charge is 0.0398 e. The normalized spacial score (nSPS) is 11.0. The third-order valence-corrected chi connectivity index (χ3v) is 1.75. The van der Waals surface area contributed by atoms with Gasteiger partial charge in [0.25, 0.3) is 0 Å². The van der Waals surface area contributed by atoms with Gasteiger partial charge in [0, 0.05) is 0 Å². The molecule has 0 radical (unpaired) electrons. The fourth-order valence-electron chi connectivity index (χ4n) is 0.983. The molecule has 0 unspecified atom stereocenters. The van der Waals surface area contributed by atoms with Crippen molar-refractivity contribution in [3.63, 3.8) is 0 Å². The lowest BCUT2D eigenvalue weighted by Crippen LogP contribution is -1.77. The molecule has 0 heteroatoms. The minimum atomic E-state index is 1.33. The zero-order valence-corrected chi connectivity index (χ0v) is 9.15. The van der Waals surface area contributed by atoms with Crippen molar-refractivity contribution in [3.8, 4) is 0 Å². The Labute approximate surface area is 76.7 Å². The molecule has 0 nitrogen and oxygen atoms in total. The minimum absolute atomic E-state index is 1.33. The van der Waals surface area contributed by atoms with Crippen LogP contribution in [0.4, 0.5) is 0 Å². The summed E-state index contributed by atoms with van der Waals surface area (Å²) < 4.78 is 0. The van der Waals surface area contributed by atoms with Gasteiger partial charge in [-0.25, -0.2) is 0 Å². The van der Waals surface area contributed by atoms with Crippen LogP contribution in [0, 0.1) is 0 Å². The van der Waals surface area contributed by atoms with E-state index in [0.29, 0.717) is 0 Å². The number of rotatable bonds is 2. The molecule has 0 saturated carbocycles. The Hall–Kier alpha value is -0.780. The summed E-state index contributed by atoms with van der Waals surface area (Å²) in [6.45, 7) is 12.8. The second-order valence-electron chi connectivity index (χ2n) is 3.79. The van der Waals surface area contributed by atoms with Crippen LogP contribution in [0.25, 0.3) is 0 Å². The summed E-state index contributed by atoms with van der Waals surface area (Å²) in [4.78, 5) is 0. The molecule has 0 saturated heterocycles. The van der Waals surface area contributed by atoms with Gasteiger partial charge in [-0.3, -0.25) is 0 Å². The molecule has 0 aromatic rings. The number of hydrogen-bond acceptors (Lipinski definition) is 0. The van der Waals surface area contributed by atoms with Crippen molar-refractivity contribution in [2.45, 2.75) is 41.5 Å². The lowest BCUT2D eigenvalue weighted by atomic mass is 10.1. The second kappa shape index (κ2) is 4.97. The molecule has 0 aliphatic carbocycles. The highest BCUT2D eigenvalue weighted by molar-refractivity contribution is 5.30. The Kier molecular flexibility index (Phi) is 4.65. The molecule has 0 spiro atoms. The Morgan fingerprint density at radius 1 is 0.750 bits per heavy atom. The van der Waals surface area contributed by atoms with Crippen LogP contribution in [0.15, 0.2) is 34.4 Å². The fraction of sp³-hybridized carbons (Fsp3) is 0.500. The van der Waals surface area contributed by atoms with Crippen LogP contribution >= 0.6 is 0 Å². The van der Waals surface area contributed by atoms with Gasteiger partial charge < -0.3 is 0 Å². The lowest BCUT2D eigenvalue weighted by molar-refractivity contribution is 1.27. The van der Waals surface area contributed by atoms with E-state index in [4.69, 9.17) is 0 Å². The van der Waals surface area contributed by atoms with E-state index in [2.05, 4.69) is 53.7 Å². The molecule has 0 aliphatic rings. The molecule has 0 aliphatic heterocycles. The van der Waals surface area contributed by atoms with Gasteiger partial charge in [0.05, 0.1) is 0 Å². The molecule has 68 valence electrons. The van der Waals surface area contributed by atoms with E-state index >= 15 is 0 Å². The van der Waals surface area contributed by atoms with Crippen LogP contribution in [0.3, 0.4) is 0 Å². The van der Waals surface area contributed by atoms with E-state index in [1.165, 1.54) is 22.3 Å². The van der Waals surface area contributed by atoms with Crippen LogP contribution in [-0.4, -0.2) is 0 Å². The third-order valence-electron chi connectivity index (χ3n) is 1.75. The van der Waals surface area contributed by atoms with Crippen LogP contribution in [0.2, 0.25) is 0 Å². The van der Waals surface area contributed by atoms with Crippen molar-refractivity contribution in [3.05, 3.63) is 34.4 Å². The van der Waals surface area contributed by atoms with Gasteiger partial charge in [-0.1, -0.05) is 34.4 Å². The first kappa shape index (κ1) is 11.2. The third kappa shape index (κ3) is 4.95. The predicted molar refractivity (Wildman–Crippen MR) is 57.2 cm³/mol. The van der Waals surface area contributed by atoms with E-state index in [9.17, 15) is 0 Å². The Morgan fingerprint density at radius 3 is 1.58 bits per heavy atom.